The highest BCUT2D eigenvalue weighted by Crippen LogP contribution is 2.40. The van der Waals surface area contributed by atoms with E-state index in [1.54, 1.807) is 13.3 Å². The highest BCUT2D eigenvalue weighted by atomic mass is 32.1. The molecule has 13 heteroatoms. The van der Waals surface area contributed by atoms with Crippen molar-refractivity contribution in [2.24, 2.45) is 7.05 Å². The molecular weight excluding hydrogens is 514 g/mol. The van der Waals surface area contributed by atoms with Crippen molar-refractivity contribution in [3.05, 3.63) is 28.7 Å². The van der Waals surface area contributed by atoms with Crippen molar-refractivity contribution < 1.29 is 18.4 Å². The number of thiazole rings is 1. The number of hydrogen-bond donors (Lipinski definition) is 2. The van der Waals surface area contributed by atoms with E-state index in [9.17, 15) is 18.4 Å². The summed E-state index contributed by atoms with van der Waals surface area (Å²) in [6.07, 6.45) is 3.29. The van der Waals surface area contributed by atoms with Crippen molar-refractivity contribution in [2.45, 2.75) is 64.6 Å². The largest absolute Gasteiger partial charge is 0.346 e. The number of aromatic nitrogens is 5. The lowest BCUT2D eigenvalue weighted by Gasteiger charge is -2.22. The summed E-state index contributed by atoms with van der Waals surface area (Å²) < 4.78 is 28.9. The lowest BCUT2D eigenvalue weighted by atomic mass is 10.2. The number of carbonyl (C=O) groups excluding carboxylic acids is 2. The molecule has 6 rings (SSSR count). The summed E-state index contributed by atoms with van der Waals surface area (Å²) in [6.45, 7) is 3.48. The van der Waals surface area contributed by atoms with E-state index in [-0.39, 0.29) is 10.8 Å². The number of hydrogen-bond acceptors (Lipinski definition) is 7. The van der Waals surface area contributed by atoms with Crippen LogP contribution in [0, 0.1) is 6.92 Å². The minimum absolute atomic E-state index is 0.0506. The summed E-state index contributed by atoms with van der Waals surface area (Å²) >= 11 is 1.06. The SMILES string of the molecule is CCn1c(C(=O)N(C2CC2)C2CC2)cc2c3c(ncn3C)c(Nc3nc(C)c(C(=O)NCC(F)F)s3)nc21. The zero-order valence-corrected chi connectivity index (χ0v) is 22.1. The molecule has 2 saturated carbocycles. The molecule has 10 nitrogen and oxygen atoms in total. The number of fused-ring (bicyclic) bond motifs is 3. The molecule has 0 unspecified atom stereocenters. The number of nitrogens with one attached hydrogen (secondary N) is 2. The number of amides is 2. The normalized spacial score (nSPS) is 15.5. The lowest BCUT2D eigenvalue weighted by Crippen LogP contribution is -2.36. The van der Waals surface area contributed by atoms with Crippen molar-refractivity contribution in [3.63, 3.8) is 0 Å². The topological polar surface area (TPSA) is 110 Å². The van der Waals surface area contributed by atoms with Gasteiger partial charge in [0, 0.05) is 31.1 Å². The van der Waals surface area contributed by atoms with E-state index in [0.717, 1.165) is 47.9 Å². The number of carbonyl (C=O) groups is 2. The Morgan fingerprint density at radius 1 is 1.21 bits per heavy atom. The Kier molecular flexibility index (Phi) is 6.04. The monoisotopic (exact) mass is 542 g/mol. The van der Waals surface area contributed by atoms with Crippen LogP contribution in [0.4, 0.5) is 19.7 Å². The van der Waals surface area contributed by atoms with Crippen LogP contribution in [0.3, 0.4) is 0 Å². The predicted octanol–water partition coefficient (Wildman–Crippen LogP) is 4.21. The van der Waals surface area contributed by atoms with Gasteiger partial charge in [0.25, 0.3) is 18.2 Å². The molecule has 2 aliphatic carbocycles. The Hall–Kier alpha value is -3.61. The second-order valence-electron chi connectivity index (χ2n) is 9.86. The van der Waals surface area contributed by atoms with Crippen LogP contribution in [-0.4, -0.2) is 65.9 Å². The quantitative estimate of drug-likeness (QED) is 0.328. The summed E-state index contributed by atoms with van der Waals surface area (Å²) in [7, 11) is 1.89. The molecule has 38 heavy (non-hydrogen) atoms. The standard InChI is InChI=1S/C25H28F2N8O2S/c1-4-34-16(24(37)35(13-5-6-13)14-7-8-14)9-15-19-18(29-11-33(19)3)21(31-22(15)34)32-25-30-12(2)20(38-25)23(36)28-10-17(26)27/h9,11,13-14,17H,4-8,10H2,1-3H3,(H,28,36)(H,30,31,32). The highest BCUT2D eigenvalue weighted by molar-refractivity contribution is 7.17. The number of halogens is 2. The fourth-order valence-electron chi connectivity index (χ4n) is 4.98. The third-order valence-corrected chi connectivity index (χ3v) is 8.07. The van der Waals surface area contributed by atoms with Crippen LogP contribution in [0.1, 0.15) is 58.5 Å². The predicted molar refractivity (Wildman–Crippen MR) is 140 cm³/mol. The van der Waals surface area contributed by atoms with Crippen LogP contribution in [0.15, 0.2) is 12.4 Å². The molecule has 0 spiro atoms. The van der Waals surface area contributed by atoms with Crippen molar-refractivity contribution >= 4 is 56.2 Å². The first kappa shape index (κ1) is 24.7. The number of anilines is 2. The second kappa shape index (κ2) is 9.29. The third kappa shape index (κ3) is 4.28. The Balaban J connectivity index is 1.40. The molecule has 4 aromatic heterocycles. The number of pyridine rings is 1. The van der Waals surface area contributed by atoms with Gasteiger partial charge in [0.1, 0.15) is 21.7 Å². The summed E-state index contributed by atoms with van der Waals surface area (Å²) in [5.74, 6) is -0.109. The van der Waals surface area contributed by atoms with Gasteiger partial charge in [0.05, 0.1) is 24.1 Å². The molecule has 4 aromatic rings. The highest BCUT2D eigenvalue weighted by Gasteiger charge is 2.43. The van der Waals surface area contributed by atoms with Gasteiger partial charge in [-0.05, 0) is 45.6 Å². The van der Waals surface area contributed by atoms with Crippen molar-refractivity contribution in [3.8, 4) is 0 Å². The molecule has 0 saturated heterocycles. The fourth-order valence-corrected chi connectivity index (χ4v) is 5.86. The molecule has 2 aliphatic rings. The summed E-state index contributed by atoms with van der Waals surface area (Å²) in [5.41, 5.74) is 3.13. The number of rotatable bonds is 9. The van der Waals surface area contributed by atoms with Gasteiger partial charge in [0.2, 0.25) is 0 Å². The number of nitrogens with zero attached hydrogens (tertiary/aromatic N) is 6. The Labute approximate surface area is 221 Å². The van der Waals surface area contributed by atoms with E-state index in [2.05, 4.69) is 25.5 Å². The van der Waals surface area contributed by atoms with E-state index in [4.69, 9.17) is 4.98 Å². The van der Waals surface area contributed by atoms with Gasteiger partial charge in [0.15, 0.2) is 10.9 Å². The molecule has 2 N–H and O–H groups in total. The molecule has 200 valence electrons. The Morgan fingerprint density at radius 3 is 2.55 bits per heavy atom. The first-order chi connectivity index (χ1) is 18.3. The van der Waals surface area contributed by atoms with Gasteiger partial charge in [-0.25, -0.2) is 23.7 Å². The molecule has 4 heterocycles. The Morgan fingerprint density at radius 2 is 1.92 bits per heavy atom. The first-order valence-corrected chi connectivity index (χ1v) is 13.6. The maximum atomic E-state index is 13.7. The zero-order chi connectivity index (χ0) is 26.7. The van der Waals surface area contributed by atoms with Crippen LogP contribution >= 0.6 is 11.3 Å². The van der Waals surface area contributed by atoms with E-state index in [1.807, 2.05) is 29.2 Å². The molecular formula is C25H28F2N8O2S. The number of alkyl halides is 2. The average molecular weight is 543 g/mol. The van der Waals surface area contributed by atoms with Gasteiger partial charge in [-0.15, -0.1) is 0 Å². The minimum atomic E-state index is -2.63. The molecule has 0 aromatic carbocycles. The van der Waals surface area contributed by atoms with E-state index >= 15 is 0 Å². The van der Waals surface area contributed by atoms with Gasteiger partial charge in [-0.1, -0.05) is 11.3 Å². The van der Waals surface area contributed by atoms with E-state index in [1.165, 1.54) is 0 Å². The van der Waals surface area contributed by atoms with E-state index in [0.29, 0.717) is 52.1 Å². The van der Waals surface area contributed by atoms with E-state index < -0.39 is 18.9 Å². The van der Waals surface area contributed by atoms with Crippen LogP contribution < -0.4 is 10.6 Å². The lowest BCUT2D eigenvalue weighted by molar-refractivity contribution is 0.0719. The summed E-state index contributed by atoms with van der Waals surface area (Å²) in [6, 6.07) is 2.60. The van der Waals surface area contributed by atoms with Crippen LogP contribution in [0.5, 0.6) is 0 Å². The maximum absolute atomic E-state index is 13.7. The van der Waals surface area contributed by atoms with Crippen LogP contribution in [0.25, 0.3) is 22.1 Å². The van der Waals surface area contributed by atoms with Crippen molar-refractivity contribution in [1.82, 2.24) is 34.3 Å². The molecule has 2 fully saturated rings. The van der Waals surface area contributed by atoms with Gasteiger partial charge >= 0.3 is 0 Å². The van der Waals surface area contributed by atoms with Gasteiger partial charge in [-0.2, -0.15) is 0 Å². The summed E-state index contributed by atoms with van der Waals surface area (Å²) in [4.78, 5) is 42.3. The Bertz CT molecular complexity index is 1550. The number of aryl methyl sites for hydroxylation is 3. The zero-order valence-electron chi connectivity index (χ0n) is 21.3. The maximum Gasteiger partial charge on any atom is 0.271 e. The molecule has 0 bridgehead atoms. The van der Waals surface area contributed by atoms with Gasteiger partial charge in [-0.3, -0.25) is 9.59 Å². The number of imidazole rings is 1. The smallest absolute Gasteiger partial charge is 0.271 e. The van der Waals surface area contributed by atoms with Crippen LogP contribution in [0.2, 0.25) is 0 Å². The third-order valence-electron chi connectivity index (χ3n) is 7.00. The van der Waals surface area contributed by atoms with Crippen LogP contribution in [-0.2, 0) is 13.6 Å². The molecule has 0 atom stereocenters. The minimum Gasteiger partial charge on any atom is -0.346 e. The van der Waals surface area contributed by atoms with Crippen molar-refractivity contribution in [2.75, 3.05) is 11.9 Å². The average Bonchev–Trinajstić information content (AvgIpc) is 3.79. The van der Waals surface area contributed by atoms with Crippen molar-refractivity contribution in [1.29, 1.82) is 0 Å². The first-order valence-electron chi connectivity index (χ1n) is 12.7. The van der Waals surface area contributed by atoms with Gasteiger partial charge < -0.3 is 24.7 Å². The second-order valence-corrected chi connectivity index (χ2v) is 10.9. The fraction of sp³-hybridized carbons (Fsp3) is 0.480. The molecule has 0 radical (unpaired) electrons. The summed E-state index contributed by atoms with van der Waals surface area (Å²) in [5, 5.41) is 6.63. The molecule has 0 aliphatic heterocycles. The molecule has 2 amide bonds.